The number of amides is 1. The van der Waals surface area contributed by atoms with Crippen LogP contribution in [-0.2, 0) is 4.74 Å². The Balaban J connectivity index is 1.74. The molecule has 2 aromatic heterocycles. The second-order valence-corrected chi connectivity index (χ2v) is 6.58. The Morgan fingerprint density at radius 1 is 0.931 bits per heavy atom. The van der Waals surface area contributed by atoms with Crippen molar-refractivity contribution < 1.29 is 14.3 Å². The number of methoxy groups -OCH3 is 1. The summed E-state index contributed by atoms with van der Waals surface area (Å²) >= 11 is 0. The molecule has 1 N–H and O–H groups in total. The highest BCUT2D eigenvalue weighted by Gasteiger charge is 2.18. The number of imidazole rings is 1. The minimum absolute atomic E-state index is 0.290. The molecule has 0 saturated heterocycles. The fraction of sp³-hybridized carbons (Fsp3) is 0.0870. The van der Waals surface area contributed by atoms with Crippen LogP contribution in [0.1, 0.15) is 26.3 Å². The van der Waals surface area contributed by atoms with Gasteiger partial charge in [-0.2, -0.15) is 0 Å². The zero-order valence-corrected chi connectivity index (χ0v) is 16.0. The summed E-state index contributed by atoms with van der Waals surface area (Å²) in [6, 6.07) is 19.9. The summed E-state index contributed by atoms with van der Waals surface area (Å²) in [5, 5.41) is 2.98. The maximum absolute atomic E-state index is 12.9. The number of fused-ring (bicyclic) bond motifs is 1. The van der Waals surface area contributed by atoms with Gasteiger partial charge in [-0.15, -0.1) is 0 Å². The lowest BCUT2D eigenvalue weighted by Gasteiger charge is -2.09. The molecule has 0 bridgehead atoms. The maximum atomic E-state index is 12.9. The molecule has 0 aliphatic carbocycles. The molecule has 2 aromatic carbocycles. The molecule has 6 heteroatoms. The van der Waals surface area contributed by atoms with E-state index in [0.717, 1.165) is 16.8 Å². The lowest BCUT2D eigenvalue weighted by molar-refractivity contribution is 0.0600. The molecular formula is C23H19N3O3. The van der Waals surface area contributed by atoms with E-state index in [4.69, 9.17) is 9.72 Å². The molecule has 1 amide bonds. The van der Waals surface area contributed by atoms with Crippen molar-refractivity contribution in [2.45, 2.75) is 6.92 Å². The Labute approximate surface area is 167 Å². The summed E-state index contributed by atoms with van der Waals surface area (Å²) in [5.41, 5.74) is 4.21. The zero-order chi connectivity index (χ0) is 20.4. The van der Waals surface area contributed by atoms with Gasteiger partial charge >= 0.3 is 5.97 Å². The molecule has 0 radical (unpaired) electrons. The van der Waals surface area contributed by atoms with Crippen LogP contribution in [0.4, 0.5) is 5.82 Å². The number of pyridine rings is 1. The largest absolute Gasteiger partial charge is 0.465 e. The van der Waals surface area contributed by atoms with Crippen molar-refractivity contribution in [3.63, 3.8) is 0 Å². The molecule has 0 unspecified atom stereocenters. The average Bonchev–Trinajstić information content (AvgIpc) is 3.13. The number of esters is 1. The molecule has 4 aromatic rings. The Morgan fingerprint density at radius 2 is 1.62 bits per heavy atom. The molecule has 0 atom stereocenters. The Hall–Kier alpha value is -3.93. The van der Waals surface area contributed by atoms with Gasteiger partial charge < -0.3 is 10.1 Å². The first-order valence-corrected chi connectivity index (χ1v) is 9.11. The van der Waals surface area contributed by atoms with Crippen molar-refractivity contribution in [2.24, 2.45) is 0 Å². The van der Waals surface area contributed by atoms with Crippen molar-refractivity contribution in [1.29, 1.82) is 0 Å². The first kappa shape index (κ1) is 18.4. The predicted octanol–water partition coefficient (Wildman–Crippen LogP) is 4.35. The third-order valence-electron chi connectivity index (χ3n) is 4.69. The number of ether oxygens (including phenoxy) is 1. The Morgan fingerprint density at radius 3 is 2.31 bits per heavy atom. The minimum Gasteiger partial charge on any atom is -0.465 e. The number of aryl methyl sites for hydroxylation is 1. The average molecular weight is 385 g/mol. The van der Waals surface area contributed by atoms with Gasteiger partial charge in [-0.05, 0) is 42.8 Å². The summed E-state index contributed by atoms with van der Waals surface area (Å²) in [5.74, 6) is -0.139. The second-order valence-electron chi connectivity index (χ2n) is 6.58. The van der Waals surface area contributed by atoms with Gasteiger partial charge in [-0.25, -0.2) is 9.78 Å². The highest BCUT2D eigenvalue weighted by Crippen LogP contribution is 2.30. The number of hydrogen-bond acceptors (Lipinski definition) is 4. The number of carbonyl (C=O) groups excluding carboxylic acids is 2. The lowest BCUT2D eigenvalue weighted by Crippen LogP contribution is -2.14. The van der Waals surface area contributed by atoms with E-state index in [9.17, 15) is 9.59 Å². The van der Waals surface area contributed by atoms with E-state index in [2.05, 4.69) is 5.32 Å². The van der Waals surface area contributed by atoms with E-state index in [-0.39, 0.29) is 5.91 Å². The van der Waals surface area contributed by atoms with E-state index in [0.29, 0.717) is 22.6 Å². The van der Waals surface area contributed by atoms with Crippen molar-refractivity contribution in [1.82, 2.24) is 9.38 Å². The van der Waals surface area contributed by atoms with E-state index >= 15 is 0 Å². The summed E-state index contributed by atoms with van der Waals surface area (Å²) in [6.07, 6.45) is 1.87. The molecule has 2 heterocycles. The molecule has 0 aliphatic heterocycles. The quantitative estimate of drug-likeness (QED) is 0.530. The summed E-state index contributed by atoms with van der Waals surface area (Å²) in [6.45, 7) is 1.98. The summed E-state index contributed by atoms with van der Waals surface area (Å²) < 4.78 is 6.57. The molecule has 0 aliphatic rings. The number of anilines is 1. The molecule has 0 fully saturated rings. The van der Waals surface area contributed by atoms with Gasteiger partial charge in [-0.1, -0.05) is 36.4 Å². The van der Waals surface area contributed by atoms with Crippen LogP contribution in [0.3, 0.4) is 0 Å². The number of aromatic nitrogens is 2. The zero-order valence-electron chi connectivity index (χ0n) is 16.0. The van der Waals surface area contributed by atoms with Gasteiger partial charge in [0.15, 0.2) is 0 Å². The lowest BCUT2D eigenvalue weighted by atomic mass is 10.1. The van der Waals surface area contributed by atoms with E-state index in [1.54, 1.807) is 24.3 Å². The van der Waals surface area contributed by atoms with Crippen molar-refractivity contribution in [3.8, 4) is 11.3 Å². The number of nitrogens with one attached hydrogen (secondary N) is 1. The van der Waals surface area contributed by atoms with Gasteiger partial charge in [0, 0.05) is 17.3 Å². The van der Waals surface area contributed by atoms with Gasteiger partial charge in [-0.3, -0.25) is 9.20 Å². The topological polar surface area (TPSA) is 72.7 Å². The molecule has 29 heavy (non-hydrogen) atoms. The van der Waals surface area contributed by atoms with Crippen LogP contribution in [0, 0.1) is 6.92 Å². The van der Waals surface area contributed by atoms with Crippen LogP contribution in [0.25, 0.3) is 16.9 Å². The van der Waals surface area contributed by atoms with Crippen LogP contribution < -0.4 is 5.32 Å². The number of benzene rings is 2. The van der Waals surface area contributed by atoms with Gasteiger partial charge in [0.1, 0.15) is 17.2 Å². The fourth-order valence-corrected chi connectivity index (χ4v) is 3.18. The molecule has 4 rings (SSSR count). The van der Waals surface area contributed by atoms with Crippen molar-refractivity contribution in [2.75, 3.05) is 12.4 Å². The summed E-state index contributed by atoms with van der Waals surface area (Å²) in [4.78, 5) is 29.3. The van der Waals surface area contributed by atoms with Crippen LogP contribution in [0.5, 0.6) is 0 Å². The minimum atomic E-state index is -0.444. The first-order chi connectivity index (χ1) is 14.1. The number of carbonyl (C=O) groups is 2. The molecule has 0 spiro atoms. The molecule has 6 nitrogen and oxygen atoms in total. The smallest absolute Gasteiger partial charge is 0.337 e. The monoisotopic (exact) mass is 385 g/mol. The van der Waals surface area contributed by atoms with E-state index in [1.165, 1.54) is 7.11 Å². The van der Waals surface area contributed by atoms with Crippen LogP contribution in [0.15, 0.2) is 72.9 Å². The Bertz CT molecular complexity index is 1200. The van der Waals surface area contributed by atoms with Gasteiger partial charge in [0.05, 0.1) is 12.7 Å². The molecule has 144 valence electrons. The van der Waals surface area contributed by atoms with E-state index in [1.807, 2.05) is 60.0 Å². The third kappa shape index (κ3) is 3.48. The Kier molecular flexibility index (Phi) is 4.83. The standard InChI is InChI=1S/C23H19N3O3/c1-15-7-6-14-26-20(15)24-19(16-8-4-3-5-9-16)21(26)25-22(27)17-10-12-18(13-11-17)23(28)29-2/h3-14H,1-2H3,(H,25,27). The normalized spacial score (nSPS) is 10.7. The van der Waals surface area contributed by atoms with Crippen LogP contribution in [-0.4, -0.2) is 28.4 Å². The first-order valence-electron chi connectivity index (χ1n) is 9.11. The highest BCUT2D eigenvalue weighted by molar-refractivity contribution is 6.06. The van der Waals surface area contributed by atoms with Crippen LogP contribution >= 0.6 is 0 Å². The fourth-order valence-electron chi connectivity index (χ4n) is 3.18. The summed E-state index contributed by atoms with van der Waals surface area (Å²) in [7, 11) is 1.32. The van der Waals surface area contributed by atoms with Crippen LogP contribution in [0.2, 0.25) is 0 Å². The SMILES string of the molecule is COC(=O)c1ccc(C(=O)Nc2c(-c3ccccc3)nc3c(C)cccn23)cc1. The van der Waals surface area contributed by atoms with Gasteiger partial charge in [0.25, 0.3) is 5.91 Å². The number of hydrogen-bond donors (Lipinski definition) is 1. The highest BCUT2D eigenvalue weighted by atomic mass is 16.5. The van der Waals surface area contributed by atoms with Gasteiger partial charge in [0.2, 0.25) is 0 Å². The third-order valence-corrected chi connectivity index (χ3v) is 4.69. The van der Waals surface area contributed by atoms with Crippen molar-refractivity contribution in [3.05, 3.63) is 89.6 Å². The number of rotatable bonds is 4. The van der Waals surface area contributed by atoms with E-state index < -0.39 is 5.97 Å². The predicted molar refractivity (Wildman–Crippen MR) is 111 cm³/mol. The second kappa shape index (κ2) is 7.59. The molecule has 0 saturated carbocycles. The van der Waals surface area contributed by atoms with Crippen molar-refractivity contribution >= 4 is 23.3 Å². The maximum Gasteiger partial charge on any atom is 0.337 e. The number of nitrogens with zero attached hydrogens (tertiary/aromatic N) is 2. The molecular weight excluding hydrogens is 366 g/mol.